The van der Waals surface area contributed by atoms with E-state index in [1.807, 2.05) is 6.07 Å². The molecule has 0 aromatic carbocycles. The van der Waals surface area contributed by atoms with Gasteiger partial charge in [0, 0.05) is 6.20 Å². The Hall–Kier alpha value is -2.06. The Labute approximate surface area is 173 Å². The van der Waals surface area contributed by atoms with Gasteiger partial charge >= 0.3 is 7.60 Å². The van der Waals surface area contributed by atoms with Gasteiger partial charge in [0.05, 0.1) is 36.4 Å². The Bertz CT molecular complexity index is 995. The Balaban J connectivity index is 1.87. The monoisotopic (exact) mass is 439 g/mol. The van der Waals surface area contributed by atoms with Gasteiger partial charge in [-0.05, 0) is 27.2 Å². The molecule has 4 N–H and O–H groups in total. The number of aryl methyl sites for hydroxylation is 1. The lowest BCUT2D eigenvalue weighted by molar-refractivity contribution is -0.0354. The summed E-state index contributed by atoms with van der Waals surface area (Å²) in [5.41, 5.74) is 6.51. The van der Waals surface area contributed by atoms with Crippen LogP contribution in [0.15, 0.2) is 6.20 Å². The number of ether oxygens (including phenoxy) is 1. The summed E-state index contributed by atoms with van der Waals surface area (Å²) in [6.45, 7) is 5.53. The third kappa shape index (κ3) is 4.21. The average Bonchev–Trinajstić information content (AvgIpc) is 3.19. The van der Waals surface area contributed by atoms with E-state index in [1.165, 1.54) is 10.8 Å². The highest BCUT2D eigenvalue weighted by atomic mass is 31.2. The maximum atomic E-state index is 12.7. The van der Waals surface area contributed by atoms with E-state index in [9.17, 15) is 20.0 Å². The first-order chi connectivity index (χ1) is 14.2. The molecular formula is C18H26N5O6P. The molecule has 0 aliphatic carbocycles. The van der Waals surface area contributed by atoms with Crippen LogP contribution >= 0.6 is 7.60 Å². The molecule has 1 saturated heterocycles. The number of nitrogen functional groups attached to an aromatic ring is 1. The third-order valence-electron chi connectivity index (χ3n) is 4.88. The molecule has 11 nitrogen and oxygen atoms in total. The van der Waals surface area contributed by atoms with E-state index in [2.05, 4.69) is 9.97 Å². The van der Waals surface area contributed by atoms with Crippen molar-refractivity contribution in [3.8, 4) is 6.07 Å². The Morgan fingerprint density at radius 2 is 1.97 bits per heavy atom. The Morgan fingerprint density at radius 1 is 1.30 bits per heavy atom. The third-order valence-corrected chi connectivity index (χ3v) is 6.99. The fourth-order valence-electron chi connectivity index (χ4n) is 3.61. The molecule has 0 amide bonds. The van der Waals surface area contributed by atoms with Gasteiger partial charge < -0.3 is 34.3 Å². The quantitative estimate of drug-likeness (QED) is 0.513. The summed E-state index contributed by atoms with van der Waals surface area (Å²) in [5, 5.41) is 30.9. The predicted octanol–water partition coefficient (Wildman–Crippen LogP) is 1.47. The van der Waals surface area contributed by atoms with Gasteiger partial charge in [-0.15, -0.1) is 0 Å². The second-order valence-electron chi connectivity index (χ2n) is 6.92. The highest BCUT2D eigenvalue weighted by Gasteiger charge is 2.45. The lowest BCUT2D eigenvalue weighted by Crippen LogP contribution is -2.32. The molecule has 1 aliphatic rings. The van der Waals surface area contributed by atoms with Crippen LogP contribution in [0.5, 0.6) is 0 Å². The second kappa shape index (κ2) is 8.98. The molecule has 3 heterocycles. The highest BCUT2D eigenvalue weighted by molar-refractivity contribution is 7.53. The predicted molar refractivity (Wildman–Crippen MR) is 108 cm³/mol. The Morgan fingerprint density at radius 3 is 2.57 bits per heavy atom. The highest BCUT2D eigenvalue weighted by Crippen LogP contribution is 2.49. The molecule has 0 bridgehead atoms. The summed E-state index contributed by atoms with van der Waals surface area (Å²) in [5.74, 6) is 0.537. The molecule has 0 radical (unpaired) electrons. The summed E-state index contributed by atoms with van der Waals surface area (Å²) < 4.78 is 30.6. The molecule has 30 heavy (non-hydrogen) atoms. The number of nitrogens with zero attached hydrogens (tertiary/aromatic N) is 4. The molecule has 0 saturated carbocycles. The molecule has 3 rings (SSSR count). The van der Waals surface area contributed by atoms with E-state index in [1.54, 1.807) is 20.8 Å². The number of hydrogen-bond acceptors (Lipinski definition) is 10. The number of rotatable bonds is 8. The van der Waals surface area contributed by atoms with Crippen LogP contribution in [0.3, 0.4) is 0 Å². The number of anilines is 1. The molecule has 2 aromatic heterocycles. The van der Waals surface area contributed by atoms with E-state index < -0.39 is 32.1 Å². The molecule has 0 spiro atoms. The molecule has 2 aromatic rings. The van der Waals surface area contributed by atoms with Gasteiger partial charge in [-0.2, -0.15) is 5.26 Å². The van der Waals surface area contributed by atoms with Crippen molar-refractivity contribution >= 4 is 24.4 Å². The van der Waals surface area contributed by atoms with Gasteiger partial charge in [0.25, 0.3) is 0 Å². The number of aliphatic hydroxyl groups is 2. The van der Waals surface area contributed by atoms with Gasteiger partial charge in [0.15, 0.2) is 6.23 Å². The maximum absolute atomic E-state index is 12.7. The van der Waals surface area contributed by atoms with E-state index in [0.717, 1.165) is 0 Å². The minimum absolute atomic E-state index is 0.0277. The van der Waals surface area contributed by atoms with Crippen molar-refractivity contribution in [3.63, 3.8) is 0 Å². The summed E-state index contributed by atoms with van der Waals surface area (Å²) in [6.07, 6.45) is -2.73. The van der Waals surface area contributed by atoms with Crippen LogP contribution in [0.4, 0.5) is 5.82 Å². The standard InChI is InChI=1S/C18H26N5O6P/c1-4-27-30(26,28-5-2)7-6-12-14(24)15(25)18(29-12)23-9-11(8-19)13-16(20)21-10(3)22-17(13)23/h9,12,14-15,18,24-25H,4-7H2,1-3H3,(H2,20,21,22)/t12-,14-,15-,18-/m1/s1. The summed E-state index contributed by atoms with van der Waals surface area (Å²) >= 11 is 0. The van der Waals surface area contributed by atoms with E-state index in [4.69, 9.17) is 19.5 Å². The van der Waals surface area contributed by atoms with Gasteiger partial charge in [-0.3, -0.25) is 4.57 Å². The summed E-state index contributed by atoms with van der Waals surface area (Å²) in [6, 6.07) is 2.03. The van der Waals surface area contributed by atoms with Crippen molar-refractivity contribution < 1.29 is 28.6 Å². The first-order valence-electron chi connectivity index (χ1n) is 9.69. The van der Waals surface area contributed by atoms with Gasteiger partial charge in [-0.1, -0.05) is 0 Å². The molecule has 1 fully saturated rings. The molecule has 164 valence electrons. The Kier molecular flexibility index (Phi) is 6.77. The normalized spacial score (nSPS) is 24.4. The number of nitrogens with two attached hydrogens (primary N) is 1. The zero-order chi connectivity index (χ0) is 22.1. The van der Waals surface area contributed by atoms with Crippen LogP contribution in [-0.4, -0.2) is 62.4 Å². The topological polar surface area (TPSA) is 166 Å². The minimum atomic E-state index is -3.32. The second-order valence-corrected chi connectivity index (χ2v) is 9.11. The van der Waals surface area contributed by atoms with Crippen molar-refractivity contribution in [3.05, 3.63) is 17.6 Å². The van der Waals surface area contributed by atoms with E-state index >= 15 is 0 Å². The first kappa shape index (κ1) is 22.6. The maximum Gasteiger partial charge on any atom is 0.330 e. The molecule has 0 unspecified atom stereocenters. The fraction of sp³-hybridized carbons (Fsp3) is 0.611. The minimum Gasteiger partial charge on any atom is -0.388 e. The zero-order valence-electron chi connectivity index (χ0n) is 17.1. The number of hydrogen-bond donors (Lipinski definition) is 3. The largest absolute Gasteiger partial charge is 0.388 e. The van der Waals surface area contributed by atoms with Gasteiger partial charge in [0.2, 0.25) is 0 Å². The number of fused-ring (bicyclic) bond motifs is 1. The van der Waals surface area contributed by atoms with Crippen LogP contribution < -0.4 is 5.73 Å². The fourth-order valence-corrected chi connectivity index (χ4v) is 5.30. The van der Waals surface area contributed by atoms with Crippen LogP contribution in [0, 0.1) is 18.3 Å². The van der Waals surface area contributed by atoms with Gasteiger partial charge in [0.1, 0.15) is 35.6 Å². The summed E-state index contributed by atoms with van der Waals surface area (Å²) in [4.78, 5) is 8.41. The van der Waals surface area contributed by atoms with Crippen molar-refractivity contribution in [1.29, 1.82) is 5.26 Å². The number of nitriles is 1. The van der Waals surface area contributed by atoms with Crippen molar-refractivity contribution in [2.24, 2.45) is 0 Å². The lowest BCUT2D eigenvalue weighted by Gasteiger charge is -2.20. The number of aliphatic hydroxyl groups excluding tert-OH is 2. The average molecular weight is 439 g/mol. The van der Waals surface area contributed by atoms with Crippen LogP contribution in [0.2, 0.25) is 0 Å². The number of aromatic nitrogens is 3. The first-order valence-corrected chi connectivity index (χ1v) is 11.4. The van der Waals surface area contributed by atoms with Crippen LogP contribution in [-0.2, 0) is 18.3 Å². The smallest absolute Gasteiger partial charge is 0.330 e. The van der Waals surface area contributed by atoms with Gasteiger partial charge in [-0.25, -0.2) is 9.97 Å². The molecular weight excluding hydrogens is 413 g/mol. The van der Waals surface area contributed by atoms with E-state index in [0.29, 0.717) is 16.9 Å². The van der Waals surface area contributed by atoms with Crippen LogP contribution in [0.25, 0.3) is 11.0 Å². The molecule has 1 aliphatic heterocycles. The zero-order valence-corrected chi connectivity index (χ0v) is 18.0. The lowest BCUT2D eigenvalue weighted by atomic mass is 10.1. The molecule has 4 atom stereocenters. The molecule has 12 heteroatoms. The van der Waals surface area contributed by atoms with E-state index in [-0.39, 0.29) is 37.2 Å². The SMILES string of the molecule is CCOP(=O)(CC[C@H]1O[C@@H](n2cc(C#N)c3c(N)nc(C)nc32)[C@H](O)[C@@H]1O)OCC. The van der Waals surface area contributed by atoms with Crippen LogP contribution in [0.1, 0.15) is 37.9 Å². The van der Waals surface area contributed by atoms with Crippen molar-refractivity contribution in [2.45, 2.75) is 51.7 Å². The van der Waals surface area contributed by atoms with Crippen molar-refractivity contribution in [2.75, 3.05) is 25.1 Å². The summed E-state index contributed by atoms with van der Waals surface area (Å²) in [7, 11) is -3.32. The van der Waals surface area contributed by atoms with Crippen molar-refractivity contribution in [1.82, 2.24) is 14.5 Å².